The van der Waals surface area contributed by atoms with Crippen molar-refractivity contribution in [1.82, 2.24) is 0 Å². The largest absolute Gasteiger partial charge is 0.496 e. The van der Waals surface area contributed by atoms with E-state index in [1.54, 1.807) is 7.11 Å². The van der Waals surface area contributed by atoms with Crippen LogP contribution in [0.3, 0.4) is 0 Å². The van der Waals surface area contributed by atoms with Crippen LogP contribution in [-0.2, 0) is 6.42 Å². The van der Waals surface area contributed by atoms with Gasteiger partial charge in [0.15, 0.2) is 4.67 Å². The number of rotatable bonds is 4. The number of para-hydroxylation sites is 1. The predicted molar refractivity (Wildman–Crippen MR) is 71.7 cm³/mol. The smallest absolute Gasteiger partial charge is 0.169 e. The summed E-state index contributed by atoms with van der Waals surface area (Å²) in [7, 11) is 1.66. The van der Waals surface area contributed by atoms with Gasteiger partial charge < -0.3 is 9.15 Å². The van der Waals surface area contributed by atoms with E-state index in [4.69, 9.17) is 20.8 Å². The Morgan fingerprint density at radius 1 is 1.29 bits per heavy atom. The maximum Gasteiger partial charge on any atom is 0.169 e. The number of benzene rings is 1. The van der Waals surface area contributed by atoms with Gasteiger partial charge in [-0.2, -0.15) is 0 Å². The van der Waals surface area contributed by atoms with Gasteiger partial charge in [0.05, 0.1) is 12.5 Å². The van der Waals surface area contributed by atoms with Crippen LogP contribution in [0.2, 0.25) is 0 Å². The summed E-state index contributed by atoms with van der Waals surface area (Å²) in [6, 6.07) is 11.6. The molecule has 0 aliphatic carbocycles. The quantitative estimate of drug-likeness (QED) is 0.771. The first-order valence-electron chi connectivity index (χ1n) is 5.22. The zero-order valence-corrected chi connectivity index (χ0v) is 11.7. The molecule has 1 atom stereocenters. The number of hydrogen-bond donors (Lipinski definition) is 0. The van der Waals surface area contributed by atoms with Gasteiger partial charge in [0.1, 0.15) is 11.5 Å². The van der Waals surface area contributed by atoms with Crippen molar-refractivity contribution in [2.45, 2.75) is 11.8 Å². The fraction of sp³-hybridized carbons (Fsp3) is 0.231. The van der Waals surface area contributed by atoms with Gasteiger partial charge in [-0.1, -0.05) is 18.2 Å². The molecule has 90 valence electrons. The molecule has 1 aromatic carbocycles. The highest BCUT2D eigenvalue weighted by Crippen LogP contribution is 2.31. The maximum atomic E-state index is 6.31. The van der Waals surface area contributed by atoms with Gasteiger partial charge in [-0.3, -0.25) is 0 Å². The Kier molecular flexibility index (Phi) is 4.13. The predicted octanol–water partition coefficient (Wildman–Crippen LogP) is 4.57. The summed E-state index contributed by atoms with van der Waals surface area (Å²) in [5.74, 6) is 1.60. The van der Waals surface area contributed by atoms with Crippen LogP contribution < -0.4 is 4.74 Å². The van der Waals surface area contributed by atoms with E-state index in [0.717, 1.165) is 17.1 Å². The third kappa shape index (κ3) is 3.05. The summed E-state index contributed by atoms with van der Waals surface area (Å²) < 4.78 is 11.4. The van der Waals surface area contributed by atoms with E-state index >= 15 is 0 Å². The number of hydrogen-bond acceptors (Lipinski definition) is 2. The minimum Gasteiger partial charge on any atom is -0.496 e. The molecule has 2 aromatic rings. The lowest BCUT2D eigenvalue weighted by molar-refractivity contribution is 0.408. The first-order chi connectivity index (χ1) is 8.20. The molecule has 2 rings (SSSR count). The van der Waals surface area contributed by atoms with E-state index in [1.807, 2.05) is 36.4 Å². The molecular formula is C13H12BrClO2. The van der Waals surface area contributed by atoms with Gasteiger partial charge in [0, 0.05) is 0 Å². The third-order valence-electron chi connectivity index (χ3n) is 2.49. The maximum absolute atomic E-state index is 6.31. The summed E-state index contributed by atoms with van der Waals surface area (Å²) >= 11 is 9.58. The van der Waals surface area contributed by atoms with E-state index < -0.39 is 0 Å². The molecule has 0 N–H and O–H groups in total. The van der Waals surface area contributed by atoms with Crippen molar-refractivity contribution < 1.29 is 9.15 Å². The van der Waals surface area contributed by atoms with Gasteiger partial charge >= 0.3 is 0 Å². The van der Waals surface area contributed by atoms with Crippen molar-refractivity contribution in [2.24, 2.45) is 0 Å². The van der Waals surface area contributed by atoms with Crippen LogP contribution in [0.4, 0.5) is 0 Å². The average Bonchev–Trinajstić information content (AvgIpc) is 2.77. The van der Waals surface area contributed by atoms with Crippen LogP contribution in [0, 0.1) is 0 Å². The molecule has 17 heavy (non-hydrogen) atoms. The molecule has 1 heterocycles. The molecule has 1 aromatic heterocycles. The monoisotopic (exact) mass is 314 g/mol. The Hall–Kier alpha value is -0.930. The third-order valence-corrected chi connectivity index (χ3v) is 3.29. The molecule has 0 fully saturated rings. The van der Waals surface area contributed by atoms with E-state index in [0.29, 0.717) is 11.1 Å². The van der Waals surface area contributed by atoms with Gasteiger partial charge in [0.25, 0.3) is 0 Å². The summed E-state index contributed by atoms with van der Waals surface area (Å²) in [4.78, 5) is 0. The minimum absolute atomic E-state index is 0.197. The number of ether oxygens (including phenoxy) is 1. The fourth-order valence-corrected chi connectivity index (χ4v) is 2.26. The number of furan rings is 1. The summed E-state index contributed by atoms with van der Waals surface area (Å²) in [5, 5.41) is -0.197. The van der Waals surface area contributed by atoms with E-state index in [-0.39, 0.29) is 5.38 Å². The lowest BCUT2D eigenvalue weighted by atomic mass is 10.1. The van der Waals surface area contributed by atoms with Gasteiger partial charge in [0.2, 0.25) is 0 Å². The summed E-state index contributed by atoms with van der Waals surface area (Å²) in [6.45, 7) is 0. The summed E-state index contributed by atoms with van der Waals surface area (Å²) in [5.41, 5.74) is 1.07. The second kappa shape index (κ2) is 5.61. The SMILES string of the molecule is COc1ccccc1CC(Cl)c1ccc(Br)o1. The van der Waals surface area contributed by atoms with Crippen molar-refractivity contribution in [3.8, 4) is 5.75 Å². The number of alkyl halides is 1. The zero-order valence-electron chi connectivity index (χ0n) is 9.32. The van der Waals surface area contributed by atoms with Gasteiger partial charge in [-0.05, 0) is 46.1 Å². The molecule has 0 saturated heterocycles. The highest BCUT2D eigenvalue weighted by molar-refractivity contribution is 9.10. The molecule has 0 spiro atoms. The molecule has 0 bridgehead atoms. The van der Waals surface area contributed by atoms with E-state index in [2.05, 4.69) is 15.9 Å². The van der Waals surface area contributed by atoms with E-state index in [1.165, 1.54) is 0 Å². The fourth-order valence-electron chi connectivity index (χ4n) is 1.66. The van der Waals surface area contributed by atoms with Crippen molar-refractivity contribution in [3.05, 3.63) is 52.4 Å². The lowest BCUT2D eigenvalue weighted by Gasteiger charge is -2.10. The van der Waals surface area contributed by atoms with Gasteiger partial charge in [-0.15, -0.1) is 11.6 Å². The average molecular weight is 316 g/mol. The highest BCUT2D eigenvalue weighted by atomic mass is 79.9. The first kappa shape index (κ1) is 12.5. The first-order valence-corrected chi connectivity index (χ1v) is 6.45. The molecule has 0 aliphatic heterocycles. The van der Waals surface area contributed by atoms with Crippen LogP contribution in [0.25, 0.3) is 0 Å². The van der Waals surface area contributed by atoms with Crippen LogP contribution in [0.15, 0.2) is 45.5 Å². The second-order valence-corrected chi connectivity index (χ2v) is 4.93. The van der Waals surface area contributed by atoms with Crippen LogP contribution in [0.5, 0.6) is 5.75 Å². The standard InChI is InChI=1S/C13H12BrClO2/c1-16-11-5-3-2-4-9(11)8-10(15)12-6-7-13(14)17-12/h2-7,10H,8H2,1H3. The Morgan fingerprint density at radius 2 is 2.06 bits per heavy atom. The second-order valence-electron chi connectivity index (χ2n) is 3.63. The van der Waals surface area contributed by atoms with Crippen LogP contribution >= 0.6 is 27.5 Å². The highest BCUT2D eigenvalue weighted by Gasteiger charge is 2.15. The molecule has 0 saturated carbocycles. The molecule has 2 nitrogen and oxygen atoms in total. The Labute approximate surface area is 114 Å². The van der Waals surface area contributed by atoms with Crippen molar-refractivity contribution in [1.29, 1.82) is 0 Å². The normalized spacial score (nSPS) is 12.4. The van der Waals surface area contributed by atoms with E-state index in [9.17, 15) is 0 Å². The Balaban J connectivity index is 2.15. The van der Waals surface area contributed by atoms with Crippen molar-refractivity contribution in [2.75, 3.05) is 7.11 Å². The topological polar surface area (TPSA) is 22.4 Å². The van der Waals surface area contributed by atoms with Crippen molar-refractivity contribution >= 4 is 27.5 Å². The molecule has 0 amide bonds. The lowest BCUT2D eigenvalue weighted by Crippen LogP contribution is -1.97. The molecule has 1 unspecified atom stereocenters. The van der Waals surface area contributed by atoms with Gasteiger partial charge in [-0.25, -0.2) is 0 Å². The van der Waals surface area contributed by atoms with Crippen molar-refractivity contribution in [3.63, 3.8) is 0 Å². The molecule has 0 aliphatic rings. The summed E-state index contributed by atoms with van der Waals surface area (Å²) in [6.07, 6.45) is 0.672. The minimum atomic E-state index is -0.197. The molecule has 4 heteroatoms. The Morgan fingerprint density at radius 3 is 2.71 bits per heavy atom. The zero-order chi connectivity index (χ0) is 12.3. The van der Waals surface area contributed by atoms with Crippen LogP contribution in [-0.4, -0.2) is 7.11 Å². The number of methoxy groups -OCH3 is 1. The Bertz CT molecular complexity index is 496. The molecule has 0 radical (unpaired) electrons. The van der Waals surface area contributed by atoms with Crippen LogP contribution in [0.1, 0.15) is 16.7 Å². The molecular weight excluding hydrogens is 303 g/mol. The number of halogens is 2.